The van der Waals surface area contributed by atoms with E-state index in [9.17, 15) is 0 Å². The van der Waals surface area contributed by atoms with E-state index in [-0.39, 0.29) is 0 Å². The summed E-state index contributed by atoms with van der Waals surface area (Å²) in [5.74, 6) is 0. The zero-order valence-corrected chi connectivity index (χ0v) is 7.26. The van der Waals surface area contributed by atoms with E-state index in [1.54, 1.807) is 0 Å². The molecule has 2 rings (SSSR count). The van der Waals surface area contributed by atoms with Gasteiger partial charge in [0.05, 0.1) is 6.10 Å². The van der Waals surface area contributed by atoms with Crippen molar-refractivity contribution in [1.82, 2.24) is 10.2 Å². The van der Waals surface area contributed by atoms with Gasteiger partial charge in [-0.1, -0.05) is 0 Å². The normalized spacial score (nSPS) is 36.0. The molecular weight excluding hydrogens is 140 g/mol. The predicted octanol–water partition coefficient (Wildman–Crippen LogP) is -0.321. The van der Waals surface area contributed by atoms with Gasteiger partial charge in [0, 0.05) is 32.3 Å². The molecule has 64 valence electrons. The summed E-state index contributed by atoms with van der Waals surface area (Å²) in [6, 6.07) is 0. The third kappa shape index (κ3) is 0.991. The first-order valence-corrected chi connectivity index (χ1v) is 4.22. The van der Waals surface area contributed by atoms with E-state index in [1.165, 1.54) is 6.42 Å². The third-order valence-electron chi connectivity index (χ3n) is 3.14. The van der Waals surface area contributed by atoms with Crippen molar-refractivity contribution in [1.29, 1.82) is 0 Å². The molecule has 2 saturated heterocycles. The molecule has 2 aliphatic heterocycles. The molecular formula is C8H16N2O. The van der Waals surface area contributed by atoms with E-state index in [0.717, 1.165) is 19.6 Å². The van der Waals surface area contributed by atoms with Gasteiger partial charge in [-0.05, 0) is 13.5 Å². The van der Waals surface area contributed by atoms with Gasteiger partial charge >= 0.3 is 0 Å². The zero-order chi connectivity index (χ0) is 7.90. The Kier molecular flexibility index (Phi) is 1.67. The van der Waals surface area contributed by atoms with Gasteiger partial charge in [-0.15, -0.1) is 0 Å². The molecule has 2 aliphatic rings. The van der Waals surface area contributed by atoms with Crippen LogP contribution in [0.3, 0.4) is 0 Å². The lowest BCUT2D eigenvalue weighted by Crippen LogP contribution is -2.65. The van der Waals surface area contributed by atoms with Gasteiger partial charge < -0.3 is 10.1 Å². The minimum absolute atomic E-state index is 0.445. The van der Waals surface area contributed by atoms with E-state index in [1.807, 2.05) is 7.11 Å². The largest absolute Gasteiger partial charge is 0.380 e. The first kappa shape index (κ1) is 7.53. The quantitative estimate of drug-likeness (QED) is 0.563. The van der Waals surface area contributed by atoms with Crippen molar-refractivity contribution >= 4 is 0 Å². The first-order valence-electron chi connectivity index (χ1n) is 4.22. The van der Waals surface area contributed by atoms with Gasteiger partial charge in [0.25, 0.3) is 0 Å². The second kappa shape index (κ2) is 2.44. The van der Waals surface area contributed by atoms with Gasteiger partial charge in [0.2, 0.25) is 0 Å². The number of hydrogen-bond donors (Lipinski definition) is 1. The second-order valence-corrected chi connectivity index (χ2v) is 3.77. The minimum Gasteiger partial charge on any atom is -0.380 e. The topological polar surface area (TPSA) is 24.5 Å². The SMILES string of the molecule is CO[C@H]1CN(C)C2(CNC2)C1. The van der Waals surface area contributed by atoms with Crippen LogP contribution >= 0.6 is 0 Å². The highest BCUT2D eigenvalue weighted by Crippen LogP contribution is 2.32. The molecule has 0 bridgehead atoms. The molecule has 0 amide bonds. The molecule has 0 aliphatic carbocycles. The lowest BCUT2D eigenvalue weighted by molar-refractivity contribution is 0.0996. The fourth-order valence-electron chi connectivity index (χ4n) is 2.13. The van der Waals surface area contributed by atoms with Crippen LogP contribution in [0.15, 0.2) is 0 Å². The molecule has 1 atom stereocenters. The lowest BCUT2D eigenvalue weighted by atomic mass is 9.89. The summed E-state index contributed by atoms with van der Waals surface area (Å²) >= 11 is 0. The zero-order valence-electron chi connectivity index (χ0n) is 7.26. The number of likely N-dealkylation sites (N-methyl/N-ethyl adjacent to an activating group) is 1. The fourth-order valence-corrected chi connectivity index (χ4v) is 2.13. The number of nitrogens with zero attached hydrogens (tertiary/aromatic N) is 1. The maximum Gasteiger partial charge on any atom is 0.0716 e. The molecule has 0 unspecified atom stereocenters. The van der Waals surface area contributed by atoms with Crippen molar-refractivity contribution < 1.29 is 4.74 Å². The van der Waals surface area contributed by atoms with E-state index >= 15 is 0 Å². The average Bonchev–Trinajstić information content (AvgIpc) is 2.25. The lowest BCUT2D eigenvalue weighted by Gasteiger charge is -2.44. The molecule has 3 heteroatoms. The first-order chi connectivity index (χ1) is 5.27. The molecule has 1 spiro atoms. The van der Waals surface area contributed by atoms with E-state index in [4.69, 9.17) is 4.74 Å². The fraction of sp³-hybridized carbons (Fsp3) is 1.00. The van der Waals surface area contributed by atoms with Crippen molar-refractivity contribution in [2.75, 3.05) is 33.8 Å². The summed E-state index contributed by atoms with van der Waals surface area (Å²) in [4.78, 5) is 2.43. The number of hydrogen-bond acceptors (Lipinski definition) is 3. The Morgan fingerprint density at radius 2 is 2.27 bits per heavy atom. The maximum absolute atomic E-state index is 5.34. The highest BCUT2D eigenvalue weighted by atomic mass is 16.5. The van der Waals surface area contributed by atoms with Crippen molar-refractivity contribution in [2.24, 2.45) is 0 Å². The number of nitrogens with one attached hydrogen (secondary N) is 1. The summed E-state index contributed by atoms with van der Waals surface area (Å²) in [6.07, 6.45) is 1.66. The summed E-state index contributed by atoms with van der Waals surface area (Å²) in [7, 11) is 4.00. The molecule has 1 N–H and O–H groups in total. The summed E-state index contributed by atoms with van der Waals surface area (Å²) < 4.78 is 5.34. The highest BCUT2D eigenvalue weighted by molar-refractivity contribution is 5.07. The summed E-state index contributed by atoms with van der Waals surface area (Å²) in [5.41, 5.74) is 0.445. The predicted molar refractivity (Wildman–Crippen MR) is 43.6 cm³/mol. The molecule has 2 heterocycles. The molecule has 0 radical (unpaired) electrons. The number of rotatable bonds is 1. The second-order valence-electron chi connectivity index (χ2n) is 3.77. The monoisotopic (exact) mass is 156 g/mol. The van der Waals surface area contributed by atoms with Crippen LogP contribution in [-0.2, 0) is 4.74 Å². The Hall–Kier alpha value is -0.120. The van der Waals surface area contributed by atoms with Gasteiger partial charge in [-0.25, -0.2) is 0 Å². The Balaban J connectivity index is 2.02. The Labute approximate surface area is 67.7 Å². The summed E-state index contributed by atoms with van der Waals surface area (Å²) in [5, 5.41) is 3.32. The molecule has 0 aromatic carbocycles. The van der Waals surface area contributed by atoms with Crippen LogP contribution in [0.1, 0.15) is 6.42 Å². The number of methoxy groups -OCH3 is 1. The van der Waals surface area contributed by atoms with Gasteiger partial charge in [-0.3, -0.25) is 4.90 Å². The highest BCUT2D eigenvalue weighted by Gasteiger charge is 2.47. The van der Waals surface area contributed by atoms with E-state index < -0.39 is 0 Å². The molecule has 2 fully saturated rings. The van der Waals surface area contributed by atoms with Gasteiger partial charge in [0.1, 0.15) is 0 Å². The molecule has 0 saturated carbocycles. The summed E-state index contributed by atoms with van der Waals surface area (Å²) in [6.45, 7) is 3.38. The van der Waals surface area contributed by atoms with Crippen LogP contribution in [0.2, 0.25) is 0 Å². The van der Waals surface area contributed by atoms with Crippen LogP contribution in [0.25, 0.3) is 0 Å². The van der Waals surface area contributed by atoms with Gasteiger partial charge in [0.15, 0.2) is 0 Å². The minimum atomic E-state index is 0.445. The van der Waals surface area contributed by atoms with Crippen LogP contribution in [0.4, 0.5) is 0 Å². The average molecular weight is 156 g/mol. The van der Waals surface area contributed by atoms with Crippen molar-refractivity contribution in [3.05, 3.63) is 0 Å². The van der Waals surface area contributed by atoms with Crippen molar-refractivity contribution in [2.45, 2.75) is 18.1 Å². The molecule has 0 aromatic rings. The molecule has 3 nitrogen and oxygen atoms in total. The Morgan fingerprint density at radius 1 is 1.55 bits per heavy atom. The van der Waals surface area contributed by atoms with Crippen molar-refractivity contribution in [3.63, 3.8) is 0 Å². The number of ether oxygens (including phenoxy) is 1. The van der Waals surface area contributed by atoms with Crippen LogP contribution in [-0.4, -0.2) is 50.3 Å². The number of likely N-dealkylation sites (tertiary alicyclic amines) is 1. The van der Waals surface area contributed by atoms with Crippen LogP contribution in [0, 0.1) is 0 Å². The standard InChI is InChI=1S/C8H16N2O/c1-10-4-7(11-2)3-8(10)5-9-6-8/h7,9H,3-6H2,1-2H3/t7-/m1/s1. The maximum atomic E-state index is 5.34. The van der Waals surface area contributed by atoms with Gasteiger partial charge in [-0.2, -0.15) is 0 Å². The Bertz CT molecular complexity index is 156. The van der Waals surface area contributed by atoms with Crippen LogP contribution in [0.5, 0.6) is 0 Å². The molecule has 0 aromatic heterocycles. The Morgan fingerprint density at radius 3 is 2.55 bits per heavy atom. The van der Waals surface area contributed by atoms with E-state index in [0.29, 0.717) is 11.6 Å². The van der Waals surface area contributed by atoms with E-state index in [2.05, 4.69) is 17.3 Å². The third-order valence-corrected chi connectivity index (χ3v) is 3.14. The van der Waals surface area contributed by atoms with Crippen LogP contribution < -0.4 is 5.32 Å². The van der Waals surface area contributed by atoms with Crippen molar-refractivity contribution in [3.8, 4) is 0 Å². The smallest absolute Gasteiger partial charge is 0.0716 e. The molecule has 11 heavy (non-hydrogen) atoms.